The third-order valence-corrected chi connectivity index (χ3v) is 9.50. The SMILES string of the molecule is Nc1ccc(Cc2ccc(CCCCCCCCCCCCCCCCCCc3ccc(Cc4ccc(N)cc4)cc3)cc2)cc1. The van der Waals surface area contributed by atoms with Crippen LogP contribution in [0.5, 0.6) is 0 Å². The van der Waals surface area contributed by atoms with Crippen LogP contribution in [0.4, 0.5) is 11.4 Å². The smallest absolute Gasteiger partial charge is 0.0314 e. The van der Waals surface area contributed by atoms with Gasteiger partial charge in [0.25, 0.3) is 0 Å². The molecule has 0 saturated carbocycles. The molecule has 2 nitrogen and oxygen atoms in total. The Bertz CT molecular complexity index is 1210. The Balaban J connectivity index is 0.876. The number of rotatable bonds is 23. The summed E-state index contributed by atoms with van der Waals surface area (Å²) in [5.74, 6) is 0. The van der Waals surface area contributed by atoms with Crippen molar-refractivity contribution in [3.63, 3.8) is 0 Å². The first-order valence-corrected chi connectivity index (χ1v) is 18.5. The van der Waals surface area contributed by atoms with Crippen molar-refractivity contribution in [2.24, 2.45) is 0 Å². The van der Waals surface area contributed by atoms with Crippen molar-refractivity contribution >= 4 is 11.4 Å². The Labute approximate surface area is 281 Å². The van der Waals surface area contributed by atoms with Crippen LogP contribution in [0.25, 0.3) is 0 Å². The molecular formula is C44H60N2. The molecule has 4 aromatic rings. The molecule has 2 heteroatoms. The monoisotopic (exact) mass is 616 g/mol. The van der Waals surface area contributed by atoms with E-state index >= 15 is 0 Å². The quantitative estimate of drug-likeness (QED) is 0.0643. The molecule has 0 radical (unpaired) electrons. The third kappa shape index (κ3) is 14.7. The molecule has 4 rings (SSSR count). The summed E-state index contributed by atoms with van der Waals surface area (Å²) in [6.07, 6.45) is 26.8. The van der Waals surface area contributed by atoms with Gasteiger partial charge in [-0.2, -0.15) is 0 Å². The number of unbranched alkanes of at least 4 members (excludes halogenated alkanes) is 15. The molecule has 246 valence electrons. The molecule has 0 aliphatic carbocycles. The molecule has 46 heavy (non-hydrogen) atoms. The first-order valence-electron chi connectivity index (χ1n) is 18.5. The predicted molar refractivity (Wildman–Crippen MR) is 201 cm³/mol. The Morgan fingerprint density at radius 2 is 0.435 bits per heavy atom. The van der Waals surface area contributed by atoms with Gasteiger partial charge >= 0.3 is 0 Å². The summed E-state index contributed by atoms with van der Waals surface area (Å²) >= 11 is 0. The van der Waals surface area contributed by atoms with E-state index in [0.717, 1.165) is 24.2 Å². The zero-order chi connectivity index (χ0) is 32.1. The van der Waals surface area contributed by atoms with E-state index in [9.17, 15) is 0 Å². The van der Waals surface area contributed by atoms with Crippen LogP contribution in [-0.2, 0) is 25.7 Å². The van der Waals surface area contributed by atoms with E-state index in [1.54, 1.807) is 0 Å². The summed E-state index contributed by atoms with van der Waals surface area (Å²) in [5, 5.41) is 0. The second-order valence-electron chi connectivity index (χ2n) is 13.6. The van der Waals surface area contributed by atoms with E-state index in [2.05, 4.69) is 72.8 Å². The highest BCUT2D eigenvalue weighted by atomic mass is 14.5. The second-order valence-corrected chi connectivity index (χ2v) is 13.6. The average Bonchev–Trinajstić information content (AvgIpc) is 3.08. The molecule has 0 heterocycles. The maximum Gasteiger partial charge on any atom is 0.0314 e. The van der Waals surface area contributed by atoms with E-state index in [1.165, 1.54) is 149 Å². The fourth-order valence-electron chi connectivity index (χ4n) is 6.52. The maximum absolute atomic E-state index is 5.80. The highest BCUT2D eigenvalue weighted by Gasteiger charge is 2.01. The summed E-state index contributed by atoms with van der Waals surface area (Å²) in [5.41, 5.74) is 21.6. The van der Waals surface area contributed by atoms with Gasteiger partial charge in [-0.05, 0) is 96.2 Å². The Morgan fingerprint density at radius 1 is 0.239 bits per heavy atom. The number of hydrogen-bond donors (Lipinski definition) is 2. The van der Waals surface area contributed by atoms with Crippen LogP contribution in [0, 0.1) is 0 Å². The molecule has 0 spiro atoms. The van der Waals surface area contributed by atoms with Gasteiger partial charge in [0.1, 0.15) is 0 Å². The van der Waals surface area contributed by atoms with Crippen LogP contribution >= 0.6 is 0 Å². The van der Waals surface area contributed by atoms with Crippen LogP contribution in [0.2, 0.25) is 0 Å². The summed E-state index contributed by atoms with van der Waals surface area (Å²) in [4.78, 5) is 0. The van der Waals surface area contributed by atoms with Crippen LogP contribution in [0.1, 0.15) is 136 Å². The highest BCUT2D eigenvalue weighted by Crippen LogP contribution is 2.18. The number of nitrogens with two attached hydrogens (primary N) is 2. The Kier molecular flexibility index (Phi) is 16.4. The van der Waals surface area contributed by atoms with E-state index in [1.807, 2.05) is 24.3 Å². The van der Waals surface area contributed by atoms with E-state index in [0.29, 0.717) is 0 Å². The minimum Gasteiger partial charge on any atom is -0.399 e. The molecule has 0 fully saturated rings. The van der Waals surface area contributed by atoms with Gasteiger partial charge in [-0.15, -0.1) is 0 Å². The normalized spacial score (nSPS) is 11.2. The fourth-order valence-corrected chi connectivity index (χ4v) is 6.52. The number of hydrogen-bond acceptors (Lipinski definition) is 2. The van der Waals surface area contributed by atoms with Gasteiger partial charge in [0.15, 0.2) is 0 Å². The number of benzene rings is 4. The largest absolute Gasteiger partial charge is 0.399 e. The standard InChI is InChI=1S/C44H60N2/c45-43-31-27-41(28-32-43)35-39-23-19-37(20-24-39)17-15-13-11-9-7-5-3-1-2-4-6-8-10-12-14-16-18-38-21-25-40(26-22-38)36-42-29-33-44(46)34-30-42/h19-34H,1-18,35-36,45-46H2. The van der Waals surface area contributed by atoms with Crippen molar-refractivity contribution in [2.45, 2.75) is 128 Å². The minimum absolute atomic E-state index is 0.833. The number of aryl methyl sites for hydroxylation is 2. The van der Waals surface area contributed by atoms with Crippen molar-refractivity contribution < 1.29 is 0 Å². The first-order chi connectivity index (χ1) is 22.6. The topological polar surface area (TPSA) is 52.0 Å². The van der Waals surface area contributed by atoms with Crippen LogP contribution < -0.4 is 11.5 Å². The summed E-state index contributed by atoms with van der Waals surface area (Å²) in [6.45, 7) is 0. The predicted octanol–water partition coefficient (Wildman–Crippen LogP) is 12.1. The first kappa shape index (κ1) is 35.3. The lowest BCUT2D eigenvalue weighted by Crippen LogP contribution is -1.91. The lowest BCUT2D eigenvalue weighted by Gasteiger charge is -2.06. The van der Waals surface area contributed by atoms with Gasteiger partial charge in [-0.25, -0.2) is 0 Å². The minimum atomic E-state index is 0.833. The van der Waals surface area contributed by atoms with Crippen molar-refractivity contribution in [1.29, 1.82) is 0 Å². The molecule has 0 aromatic heterocycles. The zero-order valence-electron chi connectivity index (χ0n) is 28.5. The Morgan fingerprint density at radius 3 is 0.696 bits per heavy atom. The van der Waals surface area contributed by atoms with Gasteiger partial charge in [0.2, 0.25) is 0 Å². The van der Waals surface area contributed by atoms with Gasteiger partial charge < -0.3 is 11.5 Å². The molecule has 0 saturated heterocycles. The van der Waals surface area contributed by atoms with Crippen LogP contribution in [-0.4, -0.2) is 0 Å². The fraction of sp³-hybridized carbons (Fsp3) is 0.455. The lowest BCUT2D eigenvalue weighted by molar-refractivity contribution is 0.528. The van der Waals surface area contributed by atoms with Gasteiger partial charge in [0.05, 0.1) is 0 Å². The molecule has 0 aliphatic rings. The zero-order valence-corrected chi connectivity index (χ0v) is 28.5. The molecule has 0 unspecified atom stereocenters. The van der Waals surface area contributed by atoms with E-state index in [-0.39, 0.29) is 0 Å². The summed E-state index contributed by atoms with van der Waals surface area (Å²) in [6, 6.07) is 34.9. The van der Waals surface area contributed by atoms with Crippen LogP contribution in [0.15, 0.2) is 97.1 Å². The van der Waals surface area contributed by atoms with Crippen LogP contribution in [0.3, 0.4) is 0 Å². The van der Waals surface area contributed by atoms with E-state index < -0.39 is 0 Å². The van der Waals surface area contributed by atoms with Crippen molar-refractivity contribution in [2.75, 3.05) is 11.5 Å². The molecule has 4 N–H and O–H groups in total. The molecule has 0 atom stereocenters. The highest BCUT2D eigenvalue weighted by molar-refractivity contribution is 5.41. The number of nitrogen functional groups attached to an aromatic ring is 2. The van der Waals surface area contributed by atoms with Crippen molar-refractivity contribution in [3.05, 3.63) is 130 Å². The molecule has 4 aromatic carbocycles. The maximum atomic E-state index is 5.80. The van der Waals surface area contributed by atoms with Crippen molar-refractivity contribution in [1.82, 2.24) is 0 Å². The molecule has 0 amide bonds. The lowest BCUT2D eigenvalue weighted by atomic mass is 10.00. The average molecular weight is 617 g/mol. The molecule has 0 aliphatic heterocycles. The third-order valence-electron chi connectivity index (χ3n) is 9.50. The Hall–Kier alpha value is -3.52. The summed E-state index contributed by atoms with van der Waals surface area (Å²) < 4.78 is 0. The van der Waals surface area contributed by atoms with Gasteiger partial charge in [0, 0.05) is 11.4 Å². The van der Waals surface area contributed by atoms with Gasteiger partial charge in [-0.1, -0.05) is 163 Å². The number of anilines is 2. The summed E-state index contributed by atoms with van der Waals surface area (Å²) in [7, 11) is 0. The second kappa shape index (κ2) is 21.3. The van der Waals surface area contributed by atoms with Gasteiger partial charge in [-0.3, -0.25) is 0 Å². The van der Waals surface area contributed by atoms with Crippen molar-refractivity contribution in [3.8, 4) is 0 Å². The van der Waals surface area contributed by atoms with E-state index in [4.69, 9.17) is 11.5 Å². The molecule has 0 bridgehead atoms. The molecular weight excluding hydrogens is 556 g/mol.